The van der Waals surface area contributed by atoms with E-state index in [-0.39, 0.29) is 10.8 Å². The molecule has 0 aromatic heterocycles. The Kier molecular flexibility index (Phi) is 9.93. The molecule has 0 saturated carbocycles. The van der Waals surface area contributed by atoms with Crippen LogP contribution < -0.4 is 5.32 Å². The lowest BCUT2D eigenvalue weighted by molar-refractivity contribution is 0.660. The third kappa shape index (κ3) is 6.89. The summed E-state index contributed by atoms with van der Waals surface area (Å²) in [6, 6.07) is 66.2. The average molecular weight is 764 g/mol. The van der Waals surface area contributed by atoms with Crippen molar-refractivity contribution in [3.63, 3.8) is 0 Å². The summed E-state index contributed by atoms with van der Waals surface area (Å²) in [7, 11) is 0. The fraction of sp³-hybridized carbons (Fsp3) is 0.172. The molecule has 0 aliphatic heterocycles. The van der Waals surface area contributed by atoms with Crippen molar-refractivity contribution in [2.24, 2.45) is 0 Å². The van der Waals surface area contributed by atoms with E-state index in [0.29, 0.717) is 0 Å². The highest BCUT2D eigenvalue weighted by Crippen LogP contribution is 2.51. The Bertz CT molecular complexity index is 2810. The van der Waals surface area contributed by atoms with E-state index in [4.69, 9.17) is 0 Å². The highest BCUT2D eigenvalue weighted by molar-refractivity contribution is 5.87. The van der Waals surface area contributed by atoms with E-state index in [9.17, 15) is 0 Å². The van der Waals surface area contributed by atoms with Crippen LogP contribution in [0.3, 0.4) is 0 Å². The predicted molar refractivity (Wildman–Crippen MR) is 253 cm³/mol. The van der Waals surface area contributed by atoms with Gasteiger partial charge in [-0.2, -0.15) is 0 Å². The Morgan fingerprint density at radius 3 is 1.58 bits per heavy atom. The Balaban J connectivity index is 0.000000153. The first-order chi connectivity index (χ1) is 28.6. The van der Waals surface area contributed by atoms with Crippen molar-refractivity contribution >= 4 is 11.4 Å². The van der Waals surface area contributed by atoms with Gasteiger partial charge in [0.05, 0.1) is 0 Å². The molecule has 0 bridgehead atoms. The van der Waals surface area contributed by atoms with Crippen LogP contribution in [0.1, 0.15) is 74.4 Å². The third-order valence-electron chi connectivity index (χ3n) is 12.9. The lowest BCUT2D eigenvalue weighted by atomic mass is 9.81. The van der Waals surface area contributed by atoms with Gasteiger partial charge in [0.2, 0.25) is 0 Å². The van der Waals surface area contributed by atoms with Crippen LogP contribution in [-0.4, -0.2) is 0 Å². The first-order valence-electron chi connectivity index (χ1n) is 21.2. The lowest BCUT2D eigenvalue weighted by Crippen LogP contribution is -2.15. The first kappa shape index (κ1) is 38.1. The molecule has 0 spiro atoms. The van der Waals surface area contributed by atoms with E-state index in [1.165, 1.54) is 89.0 Å². The maximum absolute atomic E-state index is 3.54. The van der Waals surface area contributed by atoms with Gasteiger partial charge in [-0.05, 0) is 139 Å². The molecule has 1 heteroatoms. The lowest BCUT2D eigenvalue weighted by Gasteiger charge is -2.23. The fourth-order valence-electron chi connectivity index (χ4n) is 9.69. The number of rotatable bonds is 7. The molecule has 0 atom stereocenters. The molecule has 8 aromatic carbocycles. The standard InChI is InChI=1S/C31H30.C27H23N/c1-5-11-25-24(15-10-16-26(25)23-13-7-6-12-21(23)2)22-18-19-28-27-14-8-9-17-29(27)31(3,4)30(28)20-22;1-27(2)25-17-20(19-9-5-3-6-10-19)13-15-23(25)24-16-14-22(18-26(24)27)28-21-11-7-4-8-12-21/h6-10,12-20H,5,11H2,1-4H3;3-18,28H,1-2H3. The van der Waals surface area contributed by atoms with Crippen molar-refractivity contribution in [2.45, 2.75) is 65.2 Å². The summed E-state index contributed by atoms with van der Waals surface area (Å²) in [6.07, 6.45) is 2.22. The molecule has 1 N–H and O–H groups in total. The van der Waals surface area contributed by atoms with E-state index in [2.05, 4.69) is 223 Å². The molecule has 0 saturated heterocycles. The van der Waals surface area contributed by atoms with E-state index in [1.807, 2.05) is 6.07 Å². The molecule has 0 radical (unpaired) electrons. The molecule has 2 aliphatic rings. The topological polar surface area (TPSA) is 12.0 Å². The molecule has 10 rings (SSSR count). The molecular weight excluding hydrogens is 711 g/mol. The second-order valence-electron chi connectivity index (χ2n) is 17.3. The summed E-state index contributed by atoms with van der Waals surface area (Å²) in [5.74, 6) is 0. The normalized spacial score (nSPS) is 13.7. The van der Waals surface area contributed by atoms with Crippen molar-refractivity contribution in [1.82, 2.24) is 0 Å². The van der Waals surface area contributed by atoms with Gasteiger partial charge in [0, 0.05) is 22.2 Å². The van der Waals surface area contributed by atoms with Crippen LogP contribution in [0.15, 0.2) is 182 Å². The summed E-state index contributed by atoms with van der Waals surface area (Å²) < 4.78 is 0. The number of aryl methyl sites for hydroxylation is 1. The van der Waals surface area contributed by atoms with E-state index < -0.39 is 0 Å². The quantitative estimate of drug-likeness (QED) is 0.170. The number of anilines is 2. The minimum atomic E-state index is -0.0240. The van der Waals surface area contributed by atoms with Crippen molar-refractivity contribution in [1.29, 1.82) is 0 Å². The van der Waals surface area contributed by atoms with Gasteiger partial charge >= 0.3 is 0 Å². The van der Waals surface area contributed by atoms with Crippen LogP contribution in [0.25, 0.3) is 55.6 Å². The number of hydrogen-bond acceptors (Lipinski definition) is 1. The Labute approximate surface area is 351 Å². The second-order valence-corrected chi connectivity index (χ2v) is 17.3. The van der Waals surface area contributed by atoms with Crippen LogP contribution in [0, 0.1) is 6.92 Å². The Hall–Kier alpha value is -6.44. The highest BCUT2D eigenvalue weighted by Gasteiger charge is 2.37. The van der Waals surface area contributed by atoms with Gasteiger partial charge < -0.3 is 5.32 Å². The minimum Gasteiger partial charge on any atom is -0.356 e. The summed E-state index contributed by atoms with van der Waals surface area (Å²) >= 11 is 0. The van der Waals surface area contributed by atoms with Gasteiger partial charge in [0.15, 0.2) is 0 Å². The number of para-hydroxylation sites is 1. The number of hydrogen-bond donors (Lipinski definition) is 1. The van der Waals surface area contributed by atoms with Gasteiger partial charge in [-0.1, -0.05) is 187 Å². The molecule has 59 heavy (non-hydrogen) atoms. The maximum atomic E-state index is 3.54. The van der Waals surface area contributed by atoms with Gasteiger partial charge in [0.25, 0.3) is 0 Å². The summed E-state index contributed by atoms with van der Waals surface area (Å²) in [6.45, 7) is 13.9. The molecule has 0 amide bonds. The van der Waals surface area contributed by atoms with Crippen LogP contribution in [0.4, 0.5) is 11.4 Å². The highest BCUT2D eigenvalue weighted by atomic mass is 14.9. The summed E-state index contributed by atoms with van der Waals surface area (Å²) in [5, 5.41) is 3.54. The zero-order valence-corrected chi connectivity index (χ0v) is 35.2. The molecule has 2 aliphatic carbocycles. The minimum absolute atomic E-state index is 0.0240. The number of nitrogens with one attached hydrogen (secondary N) is 1. The molecule has 0 heterocycles. The van der Waals surface area contributed by atoms with Gasteiger partial charge in [-0.15, -0.1) is 0 Å². The largest absolute Gasteiger partial charge is 0.356 e. The monoisotopic (exact) mass is 763 g/mol. The van der Waals surface area contributed by atoms with Crippen molar-refractivity contribution in [3.05, 3.63) is 215 Å². The van der Waals surface area contributed by atoms with Gasteiger partial charge in [-0.3, -0.25) is 0 Å². The third-order valence-corrected chi connectivity index (χ3v) is 12.9. The SMILES string of the molecule is CC1(C)c2cc(Nc3ccccc3)ccc2-c2ccc(-c3ccccc3)cc21.CCCc1c(-c2ccc3c(c2)C(C)(C)c2ccccc2-3)cccc1-c1ccccc1C. The molecule has 290 valence electrons. The van der Waals surface area contributed by atoms with Gasteiger partial charge in [-0.25, -0.2) is 0 Å². The molecular formula is C58H53N. The molecule has 0 unspecified atom stereocenters. The summed E-state index contributed by atoms with van der Waals surface area (Å²) in [5.41, 5.74) is 24.2. The molecule has 0 fully saturated rings. The fourth-order valence-corrected chi connectivity index (χ4v) is 9.69. The van der Waals surface area contributed by atoms with Crippen molar-refractivity contribution < 1.29 is 0 Å². The van der Waals surface area contributed by atoms with Crippen molar-refractivity contribution in [2.75, 3.05) is 5.32 Å². The van der Waals surface area contributed by atoms with Crippen LogP contribution in [0.5, 0.6) is 0 Å². The van der Waals surface area contributed by atoms with E-state index in [0.717, 1.165) is 24.2 Å². The van der Waals surface area contributed by atoms with E-state index >= 15 is 0 Å². The number of benzene rings is 8. The molecule has 1 nitrogen and oxygen atoms in total. The maximum Gasteiger partial charge on any atom is 0.0387 e. The van der Waals surface area contributed by atoms with Crippen molar-refractivity contribution in [3.8, 4) is 55.6 Å². The van der Waals surface area contributed by atoms with Crippen LogP contribution >= 0.6 is 0 Å². The van der Waals surface area contributed by atoms with Gasteiger partial charge in [0.1, 0.15) is 0 Å². The zero-order valence-electron chi connectivity index (χ0n) is 35.2. The van der Waals surface area contributed by atoms with E-state index in [1.54, 1.807) is 0 Å². The number of fused-ring (bicyclic) bond motifs is 6. The first-order valence-corrected chi connectivity index (χ1v) is 21.2. The average Bonchev–Trinajstić information content (AvgIpc) is 3.63. The second kappa shape index (κ2) is 15.4. The van der Waals surface area contributed by atoms with Crippen LogP contribution in [0.2, 0.25) is 0 Å². The summed E-state index contributed by atoms with van der Waals surface area (Å²) in [4.78, 5) is 0. The zero-order chi connectivity index (χ0) is 40.7. The molecule has 8 aromatic rings. The smallest absolute Gasteiger partial charge is 0.0387 e. The Morgan fingerprint density at radius 1 is 0.373 bits per heavy atom. The van der Waals surface area contributed by atoms with Crippen LogP contribution in [-0.2, 0) is 17.3 Å². The Morgan fingerprint density at radius 2 is 0.881 bits per heavy atom. The predicted octanol–water partition coefficient (Wildman–Crippen LogP) is 16.0.